The normalized spacial score (nSPS) is 11.9. The first kappa shape index (κ1) is 23.9. The Morgan fingerprint density at radius 1 is 0.968 bits per heavy atom. The number of carbonyl (C=O) groups excluding carboxylic acids is 3. The van der Waals surface area contributed by atoms with Gasteiger partial charge in [-0.25, -0.2) is 4.79 Å². The van der Waals surface area contributed by atoms with Crippen molar-refractivity contribution in [2.45, 2.75) is 52.2 Å². The maximum Gasteiger partial charge on any atom is 0.407 e. The van der Waals surface area contributed by atoms with Gasteiger partial charge in [0.1, 0.15) is 5.60 Å². The van der Waals surface area contributed by atoms with Gasteiger partial charge in [-0.1, -0.05) is 48.0 Å². The number of carbonyl (C=O) groups is 3. The summed E-state index contributed by atoms with van der Waals surface area (Å²) in [6.45, 7) is 7.54. The predicted molar refractivity (Wildman–Crippen MR) is 119 cm³/mol. The van der Waals surface area contributed by atoms with E-state index in [9.17, 15) is 14.4 Å². The number of aryl methyl sites for hydroxylation is 1. The largest absolute Gasteiger partial charge is 0.447 e. The zero-order chi connectivity index (χ0) is 22.9. The van der Waals surface area contributed by atoms with Crippen LogP contribution < -0.4 is 10.6 Å². The molecule has 7 heteroatoms. The maximum absolute atomic E-state index is 12.8. The molecule has 0 heterocycles. The van der Waals surface area contributed by atoms with Crippen molar-refractivity contribution in [2.24, 2.45) is 0 Å². The quantitative estimate of drug-likeness (QED) is 0.478. The Balaban J connectivity index is 1.92. The summed E-state index contributed by atoms with van der Waals surface area (Å²) >= 11 is 0. The maximum atomic E-state index is 12.8. The van der Waals surface area contributed by atoms with Crippen molar-refractivity contribution in [1.82, 2.24) is 5.32 Å². The van der Waals surface area contributed by atoms with Gasteiger partial charge < -0.3 is 20.1 Å². The highest BCUT2D eigenvalue weighted by Crippen LogP contribution is 2.21. The molecule has 0 radical (unpaired) electrons. The summed E-state index contributed by atoms with van der Waals surface area (Å²) in [5.41, 5.74) is 1.68. The van der Waals surface area contributed by atoms with Crippen molar-refractivity contribution in [3.63, 3.8) is 0 Å². The van der Waals surface area contributed by atoms with E-state index in [0.29, 0.717) is 17.7 Å². The number of benzene rings is 2. The highest BCUT2D eigenvalue weighted by molar-refractivity contribution is 5.96. The van der Waals surface area contributed by atoms with Gasteiger partial charge in [0, 0.05) is 24.2 Å². The molecule has 0 saturated carbocycles. The molecule has 0 bridgehead atoms. The van der Waals surface area contributed by atoms with Crippen LogP contribution in [0.1, 0.15) is 50.8 Å². The molecule has 2 N–H and O–H groups in total. The minimum absolute atomic E-state index is 0.0525. The Labute approximate surface area is 183 Å². The van der Waals surface area contributed by atoms with Gasteiger partial charge in [-0.2, -0.15) is 0 Å². The molecule has 0 aliphatic heterocycles. The lowest BCUT2D eigenvalue weighted by Crippen LogP contribution is -2.33. The first-order chi connectivity index (χ1) is 14.6. The SMILES string of the molecule is Cc1ccc(NC(=O)[C@H](OC(=O)CCCNC(=O)OC(C)(C)C)c2ccccc2)cc1. The van der Waals surface area contributed by atoms with Crippen LogP contribution in [0.5, 0.6) is 0 Å². The summed E-state index contributed by atoms with van der Waals surface area (Å²) in [6.07, 6.45) is -1.20. The number of hydrogen-bond donors (Lipinski definition) is 2. The summed E-state index contributed by atoms with van der Waals surface area (Å²) in [5.74, 6) is -0.964. The molecule has 7 nitrogen and oxygen atoms in total. The zero-order valence-corrected chi connectivity index (χ0v) is 18.4. The van der Waals surface area contributed by atoms with Crippen LogP contribution in [0.2, 0.25) is 0 Å². The average Bonchev–Trinajstić information content (AvgIpc) is 2.70. The van der Waals surface area contributed by atoms with Crippen LogP contribution in [0.3, 0.4) is 0 Å². The Hall–Kier alpha value is -3.35. The second-order valence-electron chi connectivity index (χ2n) is 8.17. The lowest BCUT2D eigenvalue weighted by Gasteiger charge is -2.20. The number of hydrogen-bond acceptors (Lipinski definition) is 5. The molecule has 1 atom stereocenters. The number of esters is 1. The summed E-state index contributed by atoms with van der Waals surface area (Å²) in [5, 5.41) is 5.38. The van der Waals surface area contributed by atoms with Crippen LogP contribution in [-0.4, -0.2) is 30.1 Å². The van der Waals surface area contributed by atoms with Gasteiger partial charge in [-0.15, -0.1) is 0 Å². The summed E-state index contributed by atoms with van der Waals surface area (Å²) in [6, 6.07) is 16.2. The van der Waals surface area contributed by atoms with E-state index in [0.717, 1.165) is 5.56 Å². The van der Waals surface area contributed by atoms with Gasteiger partial charge in [-0.3, -0.25) is 9.59 Å². The number of alkyl carbamates (subject to hydrolysis) is 1. The molecular weight excluding hydrogens is 396 g/mol. The third kappa shape index (κ3) is 8.90. The second kappa shape index (κ2) is 11.2. The minimum Gasteiger partial charge on any atom is -0.447 e. The standard InChI is InChI=1S/C24H30N2O5/c1-17-12-14-19(15-13-17)26-22(28)21(18-9-6-5-7-10-18)30-20(27)11-8-16-25-23(29)31-24(2,3)4/h5-7,9-10,12-15,21H,8,11,16H2,1-4H3,(H,25,29)(H,26,28)/t21-/m1/s1. The van der Waals surface area contributed by atoms with E-state index >= 15 is 0 Å². The summed E-state index contributed by atoms with van der Waals surface area (Å²) < 4.78 is 10.6. The van der Waals surface area contributed by atoms with E-state index in [4.69, 9.17) is 9.47 Å². The smallest absolute Gasteiger partial charge is 0.407 e. The lowest BCUT2D eigenvalue weighted by atomic mass is 10.1. The van der Waals surface area contributed by atoms with Crippen LogP contribution in [-0.2, 0) is 19.1 Å². The topological polar surface area (TPSA) is 93.7 Å². The zero-order valence-electron chi connectivity index (χ0n) is 18.4. The van der Waals surface area contributed by atoms with Crippen molar-refractivity contribution in [1.29, 1.82) is 0 Å². The average molecular weight is 427 g/mol. The highest BCUT2D eigenvalue weighted by Gasteiger charge is 2.25. The van der Waals surface area contributed by atoms with E-state index in [-0.39, 0.29) is 13.0 Å². The molecule has 166 valence electrons. The van der Waals surface area contributed by atoms with Crippen molar-refractivity contribution in [2.75, 3.05) is 11.9 Å². The molecule has 0 spiro atoms. The van der Waals surface area contributed by atoms with Crippen molar-refractivity contribution in [3.05, 3.63) is 65.7 Å². The van der Waals surface area contributed by atoms with Gasteiger partial charge in [0.2, 0.25) is 6.10 Å². The van der Waals surface area contributed by atoms with E-state index in [2.05, 4.69) is 10.6 Å². The molecule has 0 unspecified atom stereocenters. The first-order valence-electron chi connectivity index (χ1n) is 10.2. The Morgan fingerprint density at radius 2 is 1.61 bits per heavy atom. The number of nitrogens with one attached hydrogen (secondary N) is 2. The molecule has 2 aromatic carbocycles. The van der Waals surface area contributed by atoms with Crippen LogP contribution in [0.15, 0.2) is 54.6 Å². The summed E-state index contributed by atoms with van der Waals surface area (Å²) in [7, 11) is 0. The fourth-order valence-electron chi connectivity index (χ4n) is 2.67. The highest BCUT2D eigenvalue weighted by atomic mass is 16.6. The molecule has 0 aromatic heterocycles. The van der Waals surface area contributed by atoms with E-state index in [1.54, 1.807) is 57.2 Å². The molecule has 0 fully saturated rings. The predicted octanol–water partition coefficient (Wildman–Crippen LogP) is 4.52. The Kier molecular flexibility index (Phi) is 8.61. The molecule has 0 aliphatic carbocycles. The number of rotatable bonds is 8. The van der Waals surface area contributed by atoms with Gasteiger partial charge in [0.05, 0.1) is 0 Å². The fraction of sp³-hybridized carbons (Fsp3) is 0.375. The van der Waals surface area contributed by atoms with Crippen molar-refractivity contribution in [3.8, 4) is 0 Å². The monoisotopic (exact) mass is 426 g/mol. The second-order valence-corrected chi connectivity index (χ2v) is 8.17. The Morgan fingerprint density at radius 3 is 2.23 bits per heavy atom. The third-order valence-corrected chi connectivity index (χ3v) is 4.13. The number of anilines is 1. The fourth-order valence-corrected chi connectivity index (χ4v) is 2.67. The molecule has 2 amide bonds. The minimum atomic E-state index is -1.08. The van der Waals surface area contributed by atoms with Crippen molar-refractivity contribution >= 4 is 23.7 Å². The summed E-state index contributed by atoms with van der Waals surface area (Å²) in [4.78, 5) is 36.8. The van der Waals surface area contributed by atoms with Crippen molar-refractivity contribution < 1.29 is 23.9 Å². The molecule has 0 saturated heterocycles. The van der Waals surface area contributed by atoms with Crippen LogP contribution >= 0.6 is 0 Å². The first-order valence-corrected chi connectivity index (χ1v) is 10.2. The van der Waals surface area contributed by atoms with Crippen LogP contribution in [0.4, 0.5) is 10.5 Å². The van der Waals surface area contributed by atoms with Gasteiger partial charge in [0.15, 0.2) is 0 Å². The van der Waals surface area contributed by atoms with E-state index in [1.807, 2.05) is 25.1 Å². The van der Waals surface area contributed by atoms with E-state index in [1.165, 1.54) is 0 Å². The lowest BCUT2D eigenvalue weighted by molar-refractivity contribution is -0.154. The molecule has 2 aromatic rings. The molecule has 2 rings (SSSR count). The van der Waals surface area contributed by atoms with Gasteiger partial charge >= 0.3 is 12.1 Å². The number of ether oxygens (including phenoxy) is 2. The van der Waals surface area contributed by atoms with Crippen LogP contribution in [0.25, 0.3) is 0 Å². The molecule has 31 heavy (non-hydrogen) atoms. The van der Waals surface area contributed by atoms with Gasteiger partial charge in [-0.05, 0) is 46.2 Å². The Bertz CT molecular complexity index is 873. The van der Waals surface area contributed by atoms with E-state index < -0.39 is 29.7 Å². The van der Waals surface area contributed by atoms with Crippen LogP contribution in [0, 0.1) is 6.92 Å². The molecular formula is C24H30N2O5. The van der Waals surface area contributed by atoms with Gasteiger partial charge in [0.25, 0.3) is 5.91 Å². The number of amides is 2. The molecule has 0 aliphatic rings. The third-order valence-electron chi connectivity index (χ3n) is 4.13.